The van der Waals surface area contributed by atoms with E-state index in [-0.39, 0.29) is 11.7 Å². The molecule has 0 saturated heterocycles. The fourth-order valence-corrected chi connectivity index (χ4v) is 2.42. The Bertz CT molecular complexity index is 440. The molecule has 21 heavy (non-hydrogen) atoms. The van der Waals surface area contributed by atoms with Gasteiger partial charge in [0.2, 0.25) is 0 Å². The van der Waals surface area contributed by atoms with Crippen molar-refractivity contribution in [2.24, 2.45) is 5.92 Å². The standard InChI is InChI=1S/C14H20N2O2.C3H8/c15-12-7-6-11(8-13(12)17)14(18)16-9-10-4-2-1-3-5-10;1-3-2/h6-8,10,17H,1-5,9,15H2,(H,16,18);3H2,1-2H3. The lowest BCUT2D eigenvalue weighted by Gasteiger charge is -2.21. The first-order chi connectivity index (χ1) is 10.1. The van der Waals surface area contributed by atoms with Gasteiger partial charge >= 0.3 is 0 Å². The molecule has 1 saturated carbocycles. The lowest BCUT2D eigenvalue weighted by molar-refractivity contribution is 0.0943. The van der Waals surface area contributed by atoms with E-state index in [2.05, 4.69) is 19.2 Å². The van der Waals surface area contributed by atoms with Crippen molar-refractivity contribution >= 4 is 11.6 Å². The molecule has 1 amide bonds. The van der Waals surface area contributed by atoms with Crippen LogP contribution in [0.15, 0.2) is 18.2 Å². The van der Waals surface area contributed by atoms with Crippen LogP contribution in [0.5, 0.6) is 5.75 Å². The van der Waals surface area contributed by atoms with E-state index in [4.69, 9.17) is 5.73 Å². The van der Waals surface area contributed by atoms with Gasteiger partial charge in [0.15, 0.2) is 0 Å². The zero-order chi connectivity index (χ0) is 15.7. The molecule has 4 N–H and O–H groups in total. The molecule has 0 heterocycles. The van der Waals surface area contributed by atoms with Crippen LogP contribution in [0.4, 0.5) is 5.69 Å². The Labute approximate surface area is 127 Å². The van der Waals surface area contributed by atoms with E-state index in [1.807, 2.05) is 0 Å². The molecule has 0 unspecified atom stereocenters. The Morgan fingerprint density at radius 3 is 2.48 bits per heavy atom. The number of aromatic hydroxyl groups is 1. The highest BCUT2D eigenvalue weighted by Gasteiger charge is 2.15. The van der Waals surface area contributed by atoms with Gasteiger partial charge in [0.1, 0.15) is 5.75 Å². The second kappa shape index (κ2) is 9.27. The van der Waals surface area contributed by atoms with Crippen molar-refractivity contribution in [2.75, 3.05) is 12.3 Å². The minimum absolute atomic E-state index is 0.0414. The number of nitrogens with two attached hydrogens (primary N) is 1. The summed E-state index contributed by atoms with van der Waals surface area (Å²) in [5, 5.41) is 12.4. The van der Waals surface area contributed by atoms with Gasteiger partial charge in [0, 0.05) is 12.1 Å². The predicted octanol–water partition coefficient (Wildman–Crippen LogP) is 3.70. The summed E-state index contributed by atoms with van der Waals surface area (Å²) in [6, 6.07) is 4.58. The van der Waals surface area contributed by atoms with E-state index in [0.717, 1.165) is 6.54 Å². The third-order valence-electron chi connectivity index (χ3n) is 3.57. The predicted molar refractivity (Wildman–Crippen MR) is 87.4 cm³/mol. The van der Waals surface area contributed by atoms with Crippen LogP contribution in [0.3, 0.4) is 0 Å². The number of anilines is 1. The average Bonchev–Trinajstić information content (AvgIpc) is 2.49. The second-order valence-electron chi connectivity index (χ2n) is 5.69. The van der Waals surface area contributed by atoms with Crippen LogP contribution in [0, 0.1) is 5.92 Å². The molecule has 2 rings (SSSR count). The summed E-state index contributed by atoms with van der Waals surface area (Å²) in [6.07, 6.45) is 7.50. The van der Waals surface area contributed by atoms with Crippen molar-refractivity contribution in [1.29, 1.82) is 0 Å². The number of rotatable bonds is 3. The minimum atomic E-state index is -0.143. The number of hydrogen-bond acceptors (Lipinski definition) is 3. The number of phenolic OH excluding ortho intramolecular Hbond substituents is 1. The molecular weight excluding hydrogens is 264 g/mol. The quantitative estimate of drug-likeness (QED) is 0.587. The number of carbonyl (C=O) groups is 1. The summed E-state index contributed by atoms with van der Waals surface area (Å²) < 4.78 is 0. The van der Waals surface area contributed by atoms with Gasteiger partial charge in [0.05, 0.1) is 5.69 Å². The van der Waals surface area contributed by atoms with Crippen LogP contribution >= 0.6 is 0 Å². The highest BCUT2D eigenvalue weighted by molar-refractivity contribution is 5.95. The SMILES string of the molecule is CCC.Nc1ccc(C(=O)NCC2CCCCC2)cc1O. The molecule has 0 aromatic heterocycles. The topological polar surface area (TPSA) is 75.4 Å². The van der Waals surface area contributed by atoms with E-state index < -0.39 is 0 Å². The van der Waals surface area contributed by atoms with Gasteiger partial charge in [-0.05, 0) is 37.0 Å². The Morgan fingerprint density at radius 2 is 1.90 bits per heavy atom. The van der Waals surface area contributed by atoms with Gasteiger partial charge in [-0.3, -0.25) is 4.79 Å². The van der Waals surface area contributed by atoms with Crippen LogP contribution in [0.1, 0.15) is 62.7 Å². The van der Waals surface area contributed by atoms with Gasteiger partial charge in [-0.1, -0.05) is 39.5 Å². The van der Waals surface area contributed by atoms with Crippen molar-refractivity contribution in [3.63, 3.8) is 0 Å². The van der Waals surface area contributed by atoms with E-state index in [1.54, 1.807) is 12.1 Å². The van der Waals surface area contributed by atoms with Crippen LogP contribution in [-0.2, 0) is 0 Å². The number of carbonyl (C=O) groups excluding carboxylic acids is 1. The number of nitrogens with one attached hydrogen (secondary N) is 1. The molecule has 0 atom stereocenters. The van der Waals surface area contributed by atoms with E-state index in [1.165, 1.54) is 44.6 Å². The second-order valence-corrected chi connectivity index (χ2v) is 5.69. The third kappa shape index (κ3) is 6.06. The van der Waals surface area contributed by atoms with Crippen molar-refractivity contribution in [1.82, 2.24) is 5.32 Å². The number of benzene rings is 1. The first kappa shape index (κ1) is 17.3. The summed E-state index contributed by atoms with van der Waals surface area (Å²) in [7, 11) is 0. The summed E-state index contributed by atoms with van der Waals surface area (Å²) in [4.78, 5) is 11.9. The first-order valence-electron chi connectivity index (χ1n) is 7.95. The summed E-state index contributed by atoms with van der Waals surface area (Å²) in [5.41, 5.74) is 6.24. The molecule has 1 aromatic carbocycles. The molecule has 1 aliphatic carbocycles. The fraction of sp³-hybridized carbons (Fsp3) is 0.588. The molecule has 0 spiro atoms. The van der Waals surface area contributed by atoms with E-state index in [9.17, 15) is 9.90 Å². The summed E-state index contributed by atoms with van der Waals surface area (Å²) >= 11 is 0. The van der Waals surface area contributed by atoms with Gasteiger partial charge in [-0.25, -0.2) is 0 Å². The summed E-state index contributed by atoms with van der Waals surface area (Å²) in [5.74, 6) is 0.418. The molecule has 4 nitrogen and oxygen atoms in total. The van der Waals surface area contributed by atoms with Gasteiger partial charge in [-0.2, -0.15) is 0 Å². The van der Waals surface area contributed by atoms with Crippen LogP contribution in [0.2, 0.25) is 0 Å². The molecule has 118 valence electrons. The first-order valence-corrected chi connectivity index (χ1v) is 7.95. The third-order valence-corrected chi connectivity index (χ3v) is 3.57. The monoisotopic (exact) mass is 292 g/mol. The number of phenols is 1. The Kier molecular flexibility index (Phi) is 7.65. The Morgan fingerprint density at radius 1 is 1.29 bits per heavy atom. The normalized spacial score (nSPS) is 15.0. The molecule has 1 aliphatic rings. The average molecular weight is 292 g/mol. The molecule has 4 heteroatoms. The zero-order valence-electron chi connectivity index (χ0n) is 13.2. The van der Waals surface area contributed by atoms with Crippen molar-refractivity contribution < 1.29 is 9.90 Å². The van der Waals surface area contributed by atoms with Crippen LogP contribution in [-0.4, -0.2) is 17.6 Å². The molecule has 1 fully saturated rings. The molecule has 0 aliphatic heterocycles. The van der Waals surface area contributed by atoms with Crippen molar-refractivity contribution in [3.05, 3.63) is 23.8 Å². The fourth-order valence-electron chi connectivity index (χ4n) is 2.42. The number of hydrogen-bond donors (Lipinski definition) is 3. The lowest BCUT2D eigenvalue weighted by Crippen LogP contribution is -2.30. The van der Waals surface area contributed by atoms with Crippen molar-refractivity contribution in [3.8, 4) is 5.75 Å². The summed E-state index contributed by atoms with van der Waals surface area (Å²) in [6.45, 7) is 4.98. The van der Waals surface area contributed by atoms with Crippen LogP contribution in [0.25, 0.3) is 0 Å². The Balaban J connectivity index is 0.000000677. The lowest BCUT2D eigenvalue weighted by atomic mass is 9.89. The molecule has 0 radical (unpaired) electrons. The zero-order valence-corrected chi connectivity index (χ0v) is 13.2. The highest BCUT2D eigenvalue weighted by Crippen LogP contribution is 2.23. The van der Waals surface area contributed by atoms with Crippen molar-refractivity contribution in [2.45, 2.75) is 52.4 Å². The molecular formula is C17H28N2O2. The number of amides is 1. The molecule has 0 bridgehead atoms. The maximum Gasteiger partial charge on any atom is 0.251 e. The molecule has 1 aromatic rings. The van der Waals surface area contributed by atoms with Gasteiger partial charge < -0.3 is 16.2 Å². The largest absolute Gasteiger partial charge is 0.506 e. The van der Waals surface area contributed by atoms with Crippen LogP contribution < -0.4 is 11.1 Å². The minimum Gasteiger partial charge on any atom is -0.506 e. The maximum atomic E-state index is 11.9. The van der Waals surface area contributed by atoms with Gasteiger partial charge in [-0.15, -0.1) is 0 Å². The van der Waals surface area contributed by atoms with E-state index in [0.29, 0.717) is 17.2 Å². The van der Waals surface area contributed by atoms with E-state index >= 15 is 0 Å². The van der Waals surface area contributed by atoms with Gasteiger partial charge in [0.25, 0.3) is 5.91 Å². The highest BCUT2D eigenvalue weighted by atomic mass is 16.3. The number of nitrogen functional groups attached to an aromatic ring is 1. The maximum absolute atomic E-state index is 11.9. The Hall–Kier alpha value is -1.71. The smallest absolute Gasteiger partial charge is 0.251 e.